The van der Waals surface area contributed by atoms with Crippen molar-refractivity contribution in [3.05, 3.63) is 70.3 Å². The Hall–Kier alpha value is -3.35. The fraction of sp³-hybridized carbons (Fsp3) is 0.562. The molecule has 2 saturated carbocycles. The number of nitrogens with zero attached hydrogens (tertiary/aromatic N) is 2. The quantitative estimate of drug-likeness (QED) is 0.102. The van der Waals surface area contributed by atoms with Gasteiger partial charge in [0, 0.05) is 17.7 Å². The lowest BCUT2D eigenvalue weighted by Crippen LogP contribution is -2.48. The zero-order valence-electron chi connectivity index (χ0n) is 25.5. The van der Waals surface area contributed by atoms with E-state index in [0.717, 1.165) is 76.1 Å². The van der Waals surface area contributed by atoms with Crippen LogP contribution in [0.5, 0.6) is 0 Å². The predicted molar refractivity (Wildman–Crippen MR) is 164 cm³/mol. The molecule has 1 N–H and O–H groups in total. The van der Waals surface area contributed by atoms with Gasteiger partial charge in [0.1, 0.15) is 37.7 Å². The van der Waals surface area contributed by atoms with E-state index in [9.17, 15) is 28.1 Å². The second-order valence-corrected chi connectivity index (χ2v) is 13.4. The highest BCUT2D eigenvalue weighted by molar-refractivity contribution is 7.85. The zero-order chi connectivity index (χ0) is 32.0. The average molecular weight is 634 g/mol. The Balaban J connectivity index is 0.000000340. The number of esters is 2. The fourth-order valence-corrected chi connectivity index (χ4v) is 6.22. The first-order valence-corrected chi connectivity index (χ1v) is 16.8. The minimum atomic E-state index is -4.36. The molecule has 0 aliphatic heterocycles. The molecule has 0 amide bonds. The van der Waals surface area contributed by atoms with Crippen LogP contribution in [-0.2, 0) is 35.7 Å². The summed E-state index contributed by atoms with van der Waals surface area (Å²) in [6.45, 7) is 3.08. The van der Waals surface area contributed by atoms with Gasteiger partial charge in [0.2, 0.25) is 0 Å². The number of rotatable bonds is 12. The number of carbonyl (C=O) groups excluding carboxylic acids is 2. The maximum absolute atomic E-state index is 12.4. The summed E-state index contributed by atoms with van der Waals surface area (Å²) < 4.78 is 41.7. The summed E-state index contributed by atoms with van der Waals surface area (Å²) in [6, 6.07) is 14.5. The summed E-state index contributed by atoms with van der Waals surface area (Å²) in [6.07, 6.45) is 10.9. The molecular weight excluding hydrogens is 588 g/mol. The third-order valence-electron chi connectivity index (χ3n) is 8.36. The van der Waals surface area contributed by atoms with Gasteiger partial charge < -0.3 is 14.0 Å². The van der Waals surface area contributed by atoms with Crippen LogP contribution in [0.3, 0.4) is 0 Å². The number of quaternary nitrogens is 1. The average Bonchev–Trinajstić information content (AvgIpc) is 3.02. The lowest BCUT2D eigenvalue weighted by atomic mass is 9.89. The van der Waals surface area contributed by atoms with E-state index in [-0.39, 0.29) is 29.5 Å². The Morgan fingerprint density at radius 1 is 0.841 bits per heavy atom. The fourth-order valence-electron chi connectivity index (χ4n) is 5.70. The van der Waals surface area contributed by atoms with Gasteiger partial charge in [-0.2, -0.15) is 8.42 Å². The molecule has 2 fully saturated rings. The molecule has 12 heteroatoms. The van der Waals surface area contributed by atoms with Crippen molar-refractivity contribution < 1.29 is 41.4 Å². The minimum Gasteiger partial charge on any atom is -0.459 e. The molecule has 0 unspecified atom stereocenters. The van der Waals surface area contributed by atoms with Crippen LogP contribution < -0.4 is 0 Å². The van der Waals surface area contributed by atoms with Crippen molar-refractivity contribution in [2.75, 3.05) is 33.4 Å². The lowest BCUT2D eigenvalue weighted by Gasteiger charge is -2.34. The number of ether oxygens (including phenoxy) is 2. The standard InChI is InChI=1S/C26H40NO4.C6H5NO5S/c1-27(21-22-11-5-2-6-12-22,17-19-30-25(28)23-13-7-3-8-14-23)18-20-31-26(29)24-15-9-4-10-16-24;8-7(9)5-2-1-3-6(4-5)13(10,11)12/h2,5-6,11-12,23-24H,3-4,7-10,13-21H2,1H3;1-4H,(H,10,11,12)/q+1;. The number of carbonyl (C=O) groups is 2. The number of non-ortho nitro benzene ring substituents is 1. The Morgan fingerprint density at radius 2 is 1.34 bits per heavy atom. The van der Waals surface area contributed by atoms with Crippen molar-refractivity contribution in [1.82, 2.24) is 0 Å². The molecule has 0 heterocycles. The van der Waals surface area contributed by atoms with E-state index < -0.39 is 19.9 Å². The molecule has 2 aliphatic carbocycles. The molecule has 2 aliphatic rings. The molecular formula is C32H45N2O9S+. The molecule has 0 saturated heterocycles. The minimum absolute atomic E-state index is 0.0327. The number of benzene rings is 2. The molecule has 2 aromatic carbocycles. The first kappa shape index (κ1) is 35.1. The second kappa shape index (κ2) is 17.2. The van der Waals surface area contributed by atoms with Crippen LogP contribution in [0.4, 0.5) is 5.69 Å². The molecule has 4 rings (SSSR count). The van der Waals surface area contributed by atoms with Crippen LogP contribution in [0.2, 0.25) is 0 Å². The number of hydrogen-bond acceptors (Lipinski definition) is 8. The van der Waals surface area contributed by atoms with Crippen LogP contribution in [0.1, 0.15) is 69.8 Å². The van der Waals surface area contributed by atoms with Gasteiger partial charge in [0.25, 0.3) is 15.8 Å². The summed E-state index contributed by atoms with van der Waals surface area (Å²) in [5.74, 6) is 0.0977. The van der Waals surface area contributed by atoms with Crippen molar-refractivity contribution in [2.24, 2.45) is 11.8 Å². The normalized spacial score (nSPS) is 16.3. The zero-order valence-corrected chi connectivity index (χ0v) is 26.3. The molecule has 242 valence electrons. The lowest BCUT2D eigenvalue weighted by molar-refractivity contribution is -0.922. The summed E-state index contributed by atoms with van der Waals surface area (Å²) in [5, 5.41) is 10.2. The van der Waals surface area contributed by atoms with Gasteiger partial charge in [-0.15, -0.1) is 0 Å². The topological polar surface area (TPSA) is 150 Å². The van der Waals surface area contributed by atoms with E-state index in [4.69, 9.17) is 14.0 Å². The van der Waals surface area contributed by atoms with Gasteiger partial charge in [-0.05, 0) is 31.7 Å². The van der Waals surface area contributed by atoms with Crippen LogP contribution >= 0.6 is 0 Å². The van der Waals surface area contributed by atoms with E-state index in [0.29, 0.717) is 30.8 Å². The van der Waals surface area contributed by atoms with Gasteiger partial charge >= 0.3 is 11.9 Å². The van der Waals surface area contributed by atoms with Gasteiger partial charge in [-0.3, -0.25) is 24.3 Å². The van der Waals surface area contributed by atoms with Crippen molar-refractivity contribution in [1.29, 1.82) is 0 Å². The van der Waals surface area contributed by atoms with Crippen molar-refractivity contribution in [2.45, 2.75) is 75.6 Å². The monoisotopic (exact) mass is 633 g/mol. The molecule has 44 heavy (non-hydrogen) atoms. The van der Waals surface area contributed by atoms with Crippen LogP contribution in [0, 0.1) is 22.0 Å². The van der Waals surface area contributed by atoms with Gasteiger partial charge in [0.05, 0.1) is 23.8 Å². The smallest absolute Gasteiger partial charge is 0.309 e. The Morgan fingerprint density at radius 3 is 1.80 bits per heavy atom. The van der Waals surface area contributed by atoms with Crippen LogP contribution in [0.15, 0.2) is 59.5 Å². The van der Waals surface area contributed by atoms with Crippen LogP contribution in [-0.4, -0.2) is 67.7 Å². The summed E-state index contributed by atoms with van der Waals surface area (Å²) in [4.78, 5) is 33.8. The Kier molecular flexibility index (Phi) is 13.7. The highest BCUT2D eigenvalue weighted by Gasteiger charge is 2.28. The van der Waals surface area contributed by atoms with Gasteiger partial charge in [-0.25, -0.2) is 0 Å². The van der Waals surface area contributed by atoms with E-state index in [1.165, 1.54) is 24.5 Å². The molecule has 0 radical (unpaired) electrons. The Bertz CT molecular complexity index is 1290. The van der Waals surface area contributed by atoms with E-state index >= 15 is 0 Å². The van der Waals surface area contributed by atoms with Gasteiger partial charge in [0.15, 0.2) is 0 Å². The third kappa shape index (κ3) is 12.0. The van der Waals surface area contributed by atoms with Gasteiger partial charge in [-0.1, -0.05) is 74.9 Å². The summed E-state index contributed by atoms with van der Waals surface area (Å²) in [7, 11) is -2.20. The first-order chi connectivity index (χ1) is 21.0. The second-order valence-electron chi connectivity index (χ2n) is 11.9. The summed E-state index contributed by atoms with van der Waals surface area (Å²) >= 11 is 0. The molecule has 11 nitrogen and oxygen atoms in total. The number of nitro benzene ring substituents is 1. The first-order valence-electron chi connectivity index (χ1n) is 15.4. The van der Waals surface area contributed by atoms with Crippen LogP contribution in [0.25, 0.3) is 0 Å². The van der Waals surface area contributed by atoms with E-state index in [2.05, 4.69) is 19.2 Å². The Labute approximate surface area is 260 Å². The van der Waals surface area contributed by atoms with E-state index in [1.54, 1.807) is 0 Å². The largest absolute Gasteiger partial charge is 0.459 e. The SMILES string of the molecule is C[N+](CCOC(=O)C1CCCCC1)(CCOC(=O)C1CCCCC1)Cc1ccccc1.O=[N+]([O-])c1cccc(S(=O)(=O)O)c1. The maximum atomic E-state index is 12.4. The number of likely N-dealkylation sites (N-methyl/N-ethyl adjacent to an activating group) is 1. The molecule has 2 aromatic rings. The molecule has 0 aromatic heterocycles. The predicted octanol–water partition coefficient (Wildman–Crippen LogP) is 5.72. The molecule has 0 spiro atoms. The summed E-state index contributed by atoms with van der Waals surface area (Å²) in [5.41, 5.74) is 0.859. The third-order valence-corrected chi connectivity index (χ3v) is 9.21. The van der Waals surface area contributed by atoms with E-state index in [1.807, 2.05) is 18.2 Å². The number of nitro groups is 1. The van der Waals surface area contributed by atoms with Crippen molar-refractivity contribution in [3.8, 4) is 0 Å². The highest BCUT2D eigenvalue weighted by atomic mass is 32.2. The molecule has 0 atom stereocenters. The highest BCUT2D eigenvalue weighted by Crippen LogP contribution is 2.26. The maximum Gasteiger partial charge on any atom is 0.309 e. The van der Waals surface area contributed by atoms with Crippen molar-refractivity contribution in [3.63, 3.8) is 0 Å². The van der Waals surface area contributed by atoms with Crippen molar-refractivity contribution >= 4 is 27.7 Å². The number of hydrogen-bond donors (Lipinski definition) is 1. The molecule has 0 bridgehead atoms.